The van der Waals surface area contributed by atoms with E-state index >= 15 is 0 Å². The Morgan fingerprint density at radius 3 is 2.54 bits per heavy atom. The largest absolute Gasteiger partial charge is 0.379 e. The first kappa shape index (κ1) is 20.4. The number of hydrogen-bond acceptors (Lipinski definition) is 3. The molecule has 1 aliphatic rings. The average Bonchev–Trinajstić information content (AvgIpc) is 2.69. The predicted molar refractivity (Wildman–Crippen MR) is 117 cm³/mol. The first-order valence-corrected chi connectivity index (χ1v) is 10.1. The molecule has 1 saturated heterocycles. The molecule has 0 radical (unpaired) electrons. The molecular formula is C23H32N4O. The summed E-state index contributed by atoms with van der Waals surface area (Å²) in [6, 6.07) is 17.2. The van der Waals surface area contributed by atoms with Crippen LogP contribution in [0.15, 0.2) is 53.5 Å². The van der Waals surface area contributed by atoms with Crippen LogP contribution in [0.4, 0.5) is 5.69 Å². The van der Waals surface area contributed by atoms with E-state index in [0.717, 1.165) is 32.0 Å². The van der Waals surface area contributed by atoms with Gasteiger partial charge in [-0.05, 0) is 36.1 Å². The molecule has 1 fully saturated rings. The molecule has 1 atom stereocenters. The van der Waals surface area contributed by atoms with Crippen molar-refractivity contribution in [1.82, 2.24) is 4.90 Å². The minimum absolute atomic E-state index is 0.200. The summed E-state index contributed by atoms with van der Waals surface area (Å²) in [6.07, 6.45) is 0. The summed E-state index contributed by atoms with van der Waals surface area (Å²) in [5.41, 5.74) is 11.0. The van der Waals surface area contributed by atoms with Crippen molar-refractivity contribution in [1.29, 1.82) is 0 Å². The summed E-state index contributed by atoms with van der Waals surface area (Å²) >= 11 is 0. The van der Waals surface area contributed by atoms with E-state index in [9.17, 15) is 0 Å². The first-order valence-electron chi connectivity index (χ1n) is 10.1. The lowest BCUT2D eigenvalue weighted by molar-refractivity contribution is 0.0180. The number of nitrogens with two attached hydrogens (primary N) is 1. The van der Waals surface area contributed by atoms with Crippen molar-refractivity contribution >= 4 is 11.6 Å². The van der Waals surface area contributed by atoms with Gasteiger partial charge in [-0.1, -0.05) is 55.8 Å². The summed E-state index contributed by atoms with van der Waals surface area (Å²) in [6.45, 7) is 10.5. The summed E-state index contributed by atoms with van der Waals surface area (Å²) in [7, 11) is 0. The molecule has 2 aromatic rings. The highest BCUT2D eigenvalue weighted by Crippen LogP contribution is 2.23. The Labute approximate surface area is 168 Å². The normalized spacial score (nSPS) is 16.9. The first-order chi connectivity index (χ1) is 13.5. The highest BCUT2D eigenvalue weighted by molar-refractivity contribution is 5.92. The van der Waals surface area contributed by atoms with Crippen LogP contribution in [-0.2, 0) is 4.74 Å². The maximum Gasteiger partial charge on any atom is 0.193 e. The van der Waals surface area contributed by atoms with Gasteiger partial charge in [0.15, 0.2) is 5.96 Å². The van der Waals surface area contributed by atoms with E-state index in [1.165, 1.54) is 16.7 Å². The number of nitrogens with zero attached hydrogens (tertiary/aromatic N) is 2. The maximum atomic E-state index is 6.21. The molecule has 1 aliphatic heterocycles. The van der Waals surface area contributed by atoms with E-state index in [1.807, 2.05) is 12.1 Å². The van der Waals surface area contributed by atoms with Crippen LogP contribution in [-0.4, -0.2) is 43.7 Å². The lowest BCUT2D eigenvalue weighted by Crippen LogP contribution is -2.40. The zero-order chi connectivity index (χ0) is 19.9. The van der Waals surface area contributed by atoms with Crippen LogP contribution < -0.4 is 11.1 Å². The Morgan fingerprint density at radius 1 is 1.11 bits per heavy atom. The Balaban J connectivity index is 1.73. The van der Waals surface area contributed by atoms with Gasteiger partial charge in [-0.15, -0.1) is 0 Å². The third kappa shape index (κ3) is 5.57. The van der Waals surface area contributed by atoms with Crippen molar-refractivity contribution in [2.45, 2.75) is 32.7 Å². The van der Waals surface area contributed by atoms with Crippen molar-refractivity contribution in [3.63, 3.8) is 0 Å². The van der Waals surface area contributed by atoms with Crippen molar-refractivity contribution in [2.75, 3.05) is 38.2 Å². The second-order valence-electron chi connectivity index (χ2n) is 7.71. The van der Waals surface area contributed by atoms with Gasteiger partial charge in [-0.3, -0.25) is 9.89 Å². The lowest BCUT2D eigenvalue weighted by atomic mass is 10.0. The number of nitrogens with one attached hydrogen (secondary N) is 1. The van der Waals surface area contributed by atoms with E-state index in [2.05, 4.69) is 72.4 Å². The molecule has 2 aromatic carbocycles. The molecule has 0 aromatic heterocycles. The highest BCUT2D eigenvalue weighted by Gasteiger charge is 2.22. The number of anilines is 1. The predicted octanol–water partition coefficient (Wildman–Crippen LogP) is 3.92. The molecule has 1 heterocycles. The van der Waals surface area contributed by atoms with Gasteiger partial charge in [0.2, 0.25) is 0 Å². The smallest absolute Gasteiger partial charge is 0.193 e. The fourth-order valence-electron chi connectivity index (χ4n) is 3.55. The van der Waals surface area contributed by atoms with Gasteiger partial charge in [-0.2, -0.15) is 0 Å². The second kappa shape index (κ2) is 9.71. The van der Waals surface area contributed by atoms with E-state index in [-0.39, 0.29) is 6.04 Å². The Morgan fingerprint density at radius 2 is 1.82 bits per heavy atom. The number of benzene rings is 2. The number of hydrogen-bond donors (Lipinski definition) is 2. The zero-order valence-electron chi connectivity index (χ0n) is 17.2. The van der Waals surface area contributed by atoms with Crippen LogP contribution in [0.3, 0.4) is 0 Å². The molecule has 0 saturated carbocycles. The summed E-state index contributed by atoms with van der Waals surface area (Å²) < 4.78 is 5.53. The number of aliphatic imine (C=N–C) groups is 1. The minimum atomic E-state index is 0.200. The SMILES string of the molecule is Cc1cccc(C(CN=C(N)Nc2cccc(C(C)C)c2)N2CCOCC2)c1. The van der Waals surface area contributed by atoms with Gasteiger partial charge in [0.05, 0.1) is 25.8 Å². The quantitative estimate of drug-likeness (QED) is 0.589. The minimum Gasteiger partial charge on any atom is -0.379 e. The third-order valence-electron chi connectivity index (χ3n) is 5.17. The van der Waals surface area contributed by atoms with Crippen molar-refractivity contribution in [2.24, 2.45) is 10.7 Å². The van der Waals surface area contributed by atoms with E-state index in [1.54, 1.807) is 0 Å². The Bertz CT molecular complexity index is 797. The van der Waals surface area contributed by atoms with Crippen LogP contribution in [0.25, 0.3) is 0 Å². The van der Waals surface area contributed by atoms with Crippen LogP contribution in [0.2, 0.25) is 0 Å². The molecule has 5 heteroatoms. The molecule has 0 bridgehead atoms. The van der Waals surface area contributed by atoms with E-state index in [0.29, 0.717) is 18.4 Å². The van der Waals surface area contributed by atoms with Gasteiger partial charge in [0.1, 0.15) is 0 Å². The molecule has 28 heavy (non-hydrogen) atoms. The number of rotatable bonds is 6. The van der Waals surface area contributed by atoms with Crippen molar-refractivity contribution in [3.8, 4) is 0 Å². The van der Waals surface area contributed by atoms with Gasteiger partial charge >= 0.3 is 0 Å². The van der Waals surface area contributed by atoms with Gasteiger partial charge in [-0.25, -0.2) is 0 Å². The second-order valence-corrected chi connectivity index (χ2v) is 7.71. The van der Waals surface area contributed by atoms with Crippen LogP contribution >= 0.6 is 0 Å². The monoisotopic (exact) mass is 380 g/mol. The lowest BCUT2D eigenvalue weighted by Gasteiger charge is -2.34. The number of guanidine groups is 1. The molecule has 0 aliphatic carbocycles. The van der Waals surface area contributed by atoms with Crippen LogP contribution in [0.1, 0.15) is 42.5 Å². The number of ether oxygens (including phenoxy) is 1. The van der Waals surface area contributed by atoms with Gasteiger partial charge < -0.3 is 15.8 Å². The summed E-state index contributed by atoms with van der Waals surface area (Å²) in [5, 5.41) is 3.24. The van der Waals surface area contributed by atoms with E-state index in [4.69, 9.17) is 10.5 Å². The standard InChI is InChI=1S/C23H32N4O/c1-17(2)19-7-5-9-21(15-19)26-23(24)25-16-22(27-10-12-28-13-11-27)20-8-4-6-18(3)14-20/h4-9,14-15,17,22H,10-13,16H2,1-3H3,(H3,24,25,26). The molecular weight excluding hydrogens is 348 g/mol. The van der Waals surface area contributed by atoms with Crippen LogP contribution in [0, 0.1) is 6.92 Å². The van der Waals surface area contributed by atoms with E-state index < -0.39 is 0 Å². The summed E-state index contributed by atoms with van der Waals surface area (Å²) in [4.78, 5) is 7.12. The van der Waals surface area contributed by atoms with Crippen molar-refractivity contribution < 1.29 is 4.74 Å². The molecule has 0 amide bonds. The fourth-order valence-corrected chi connectivity index (χ4v) is 3.55. The molecule has 0 spiro atoms. The molecule has 3 rings (SSSR count). The molecule has 5 nitrogen and oxygen atoms in total. The Kier molecular flexibility index (Phi) is 7.06. The number of aryl methyl sites for hydroxylation is 1. The Hall–Kier alpha value is -2.37. The molecule has 150 valence electrons. The average molecular weight is 381 g/mol. The zero-order valence-corrected chi connectivity index (χ0v) is 17.2. The van der Waals surface area contributed by atoms with Gasteiger partial charge in [0.25, 0.3) is 0 Å². The molecule has 3 N–H and O–H groups in total. The maximum absolute atomic E-state index is 6.21. The van der Waals surface area contributed by atoms with Crippen LogP contribution in [0.5, 0.6) is 0 Å². The number of morpholine rings is 1. The van der Waals surface area contributed by atoms with Crippen molar-refractivity contribution in [3.05, 3.63) is 65.2 Å². The fraction of sp³-hybridized carbons (Fsp3) is 0.435. The summed E-state index contributed by atoms with van der Waals surface area (Å²) in [5.74, 6) is 0.929. The molecule has 1 unspecified atom stereocenters. The highest BCUT2D eigenvalue weighted by atomic mass is 16.5. The van der Waals surface area contributed by atoms with Gasteiger partial charge in [0, 0.05) is 18.8 Å². The third-order valence-corrected chi connectivity index (χ3v) is 5.17. The topological polar surface area (TPSA) is 62.9 Å².